The molecule has 88 valence electrons. The molecule has 3 nitrogen and oxygen atoms in total. The van der Waals surface area contributed by atoms with Crippen molar-refractivity contribution in [3.05, 3.63) is 28.5 Å². The van der Waals surface area contributed by atoms with Gasteiger partial charge in [0.05, 0.1) is 22.3 Å². The molecule has 1 aliphatic rings. The van der Waals surface area contributed by atoms with Crippen LogP contribution < -0.4 is 4.90 Å². The van der Waals surface area contributed by atoms with Gasteiger partial charge in [-0.1, -0.05) is 11.6 Å². The molecule has 0 radical (unpaired) electrons. The van der Waals surface area contributed by atoms with Crippen LogP contribution in [0.25, 0.3) is 0 Å². The summed E-state index contributed by atoms with van der Waals surface area (Å²) in [6.07, 6.45) is 0.415. The average Bonchev–Trinajstić information content (AvgIpc) is 2.63. The molecule has 1 fully saturated rings. The molecule has 0 saturated carbocycles. The van der Waals surface area contributed by atoms with E-state index in [1.807, 2.05) is 6.07 Å². The molecule has 0 unspecified atom stereocenters. The summed E-state index contributed by atoms with van der Waals surface area (Å²) in [5.74, 6) is -0.433. The third kappa shape index (κ3) is 1.98. The van der Waals surface area contributed by atoms with Crippen molar-refractivity contribution in [3.63, 3.8) is 0 Å². The zero-order valence-electron chi connectivity index (χ0n) is 9.20. The number of rotatable bonds is 1. The van der Waals surface area contributed by atoms with Gasteiger partial charge < -0.3 is 4.90 Å². The lowest BCUT2D eigenvalue weighted by molar-refractivity contribution is -0.118. The smallest absolute Gasteiger partial charge is 0.156 e. The van der Waals surface area contributed by atoms with E-state index < -0.39 is 5.82 Å². The Balaban J connectivity index is 2.44. The summed E-state index contributed by atoms with van der Waals surface area (Å²) >= 11 is 5.86. The van der Waals surface area contributed by atoms with Crippen molar-refractivity contribution >= 4 is 23.1 Å². The maximum Gasteiger partial charge on any atom is 0.156 e. The van der Waals surface area contributed by atoms with Gasteiger partial charge in [0.2, 0.25) is 0 Å². The van der Waals surface area contributed by atoms with E-state index in [0.29, 0.717) is 13.0 Å². The van der Waals surface area contributed by atoms with Crippen LogP contribution in [0.15, 0.2) is 12.1 Å². The number of anilines is 1. The van der Waals surface area contributed by atoms with Gasteiger partial charge in [-0.3, -0.25) is 4.79 Å². The molecule has 0 aromatic heterocycles. The van der Waals surface area contributed by atoms with Crippen molar-refractivity contribution in [1.82, 2.24) is 0 Å². The number of nitriles is 1. The maximum absolute atomic E-state index is 13.8. The van der Waals surface area contributed by atoms with Crippen molar-refractivity contribution in [3.8, 4) is 6.07 Å². The topological polar surface area (TPSA) is 44.1 Å². The highest BCUT2D eigenvalue weighted by atomic mass is 35.5. The summed E-state index contributed by atoms with van der Waals surface area (Å²) in [4.78, 5) is 13.1. The number of Topliss-reactive ketones (excluding diaryl/α,β-unsaturated/α-hetero) is 1. The van der Waals surface area contributed by atoms with Crippen LogP contribution in [0.3, 0.4) is 0 Å². The number of halogens is 2. The molecule has 1 atom stereocenters. The van der Waals surface area contributed by atoms with E-state index in [1.165, 1.54) is 6.07 Å². The molecule has 17 heavy (non-hydrogen) atoms. The summed E-state index contributed by atoms with van der Waals surface area (Å²) in [7, 11) is 0. The molecule has 1 aromatic rings. The van der Waals surface area contributed by atoms with Crippen molar-refractivity contribution in [2.45, 2.75) is 19.4 Å². The third-order valence-electron chi connectivity index (χ3n) is 3.00. The minimum Gasteiger partial charge on any atom is -0.359 e. The third-order valence-corrected chi connectivity index (χ3v) is 3.31. The van der Waals surface area contributed by atoms with Gasteiger partial charge in [-0.15, -0.1) is 0 Å². The molecular formula is C12H10ClFN2O. The lowest BCUT2D eigenvalue weighted by Gasteiger charge is -2.23. The fourth-order valence-corrected chi connectivity index (χ4v) is 2.18. The normalized spacial score (nSPS) is 19.5. The zero-order valence-corrected chi connectivity index (χ0v) is 9.96. The van der Waals surface area contributed by atoms with Crippen molar-refractivity contribution in [2.75, 3.05) is 11.4 Å². The summed E-state index contributed by atoms with van der Waals surface area (Å²) in [5.41, 5.74) is 0.387. The first-order valence-electron chi connectivity index (χ1n) is 5.23. The van der Waals surface area contributed by atoms with Crippen LogP contribution in [-0.4, -0.2) is 18.4 Å². The van der Waals surface area contributed by atoms with Gasteiger partial charge in [-0.2, -0.15) is 5.26 Å². The first-order valence-corrected chi connectivity index (χ1v) is 5.61. The molecule has 0 spiro atoms. The Bertz CT molecular complexity index is 524. The van der Waals surface area contributed by atoms with Gasteiger partial charge >= 0.3 is 0 Å². The average molecular weight is 253 g/mol. The largest absolute Gasteiger partial charge is 0.359 e. The maximum atomic E-state index is 13.8. The second-order valence-electron chi connectivity index (χ2n) is 3.98. The van der Waals surface area contributed by atoms with Crippen LogP contribution >= 0.6 is 11.6 Å². The minimum atomic E-state index is -0.521. The lowest BCUT2D eigenvalue weighted by atomic mass is 10.1. The van der Waals surface area contributed by atoms with Gasteiger partial charge in [0, 0.05) is 13.0 Å². The molecule has 2 rings (SSSR count). The Hall–Kier alpha value is -1.60. The molecule has 1 aromatic carbocycles. The second-order valence-corrected chi connectivity index (χ2v) is 4.39. The zero-order chi connectivity index (χ0) is 12.6. The number of nitrogens with zero attached hydrogens (tertiary/aromatic N) is 2. The van der Waals surface area contributed by atoms with Crippen molar-refractivity contribution < 1.29 is 9.18 Å². The first kappa shape index (κ1) is 11.9. The van der Waals surface area contributed by atoms with E-state index in [4.69, 9.17) is 16.9 Å². The van der Waals surface area contributed by atoms with Gasteiger partial charge in [0.25, 0.3) is 0 Å². The number of ketones is 1. The van der Waals surface area contributed by atoms with E-state index >= 15 is 0 Å². The van der Waals surface area contributed by atoms with Crippen LogP contribution in [0.5, 0.6) is 0 Å². The lowest BCUT2D eigenvalue weighted by Crippen LogP contribution is -2.30. The predicted octanol–water partition coefficient (Wildman–Crippen LogP) is 2.52. The monoisotopic (exact) mass is 252 g/mol. The number of carbonyl (C=O) groups is 1. The number of carbonyl (C=O) groups excluding carboxylic acids is 1. The predicted molar refractivity (Wildman–Crippen MR) is 62.6 cm³/mol. The highest BCUT2D eigenvalue weighted by Gasteiger charge is 2.30. The highest BCUT2D eigenvalue weighted by molar-refractivity contribution is 6.32. The molecule has 5 heteroatoms. The molecule has 0 N–H and O–H groups in total. The summed E-state index contributed by atoms with van der Waals surface area (Å²) < 4.78 is 13.8. The van der Waals surface area contributed by atoms with E-state index in [1.54, 1.807) is 11.8 Å². The van der Waals surface area contributed by atoms with E-state index in [2.05, 4.69) is 0 Å². The van der Waals surface area contributed by atoms with Crippen LogP contribution in [0.1, 0.15) is 18.9 Å². The summed E-state index contributed by atoms with van der Waals surface area (Å²) in [6.45, 7) is 2.22. The molecule has 1 aliphatic heterocycles. The summed E-state index contributed by atoms with van der Waals surface area (Å²) in [5, 5.41) is 8.93. The fraction of sp³-hybridized carbons (Fsp3) is 0.333. The standard InChI is InChI=1S/C12H10ClFN2O/c1-7-12(17)2-3-16(7)11-5-9(13)8(6-15)4-10(11)14/h4-5,7H,2-3H2,1H3/t7-/m0/s1. The van der Waals surface area contributed by atoms with Crippen LogP contribution in [0, 0.1) is 17.1 Å². The van der Waals surface area contributed by atoms with Crippen LogP contribution in [-0.2, 0) is 4.79 Å². The minimum absolute atomic E-state index is 0.0879. The second kappa shape index (κ2) is 4.34. The van der Waals surface area contributed by atoms with Gasteiger partial charge in [-0.05, 0) is 19.1 Å². The molecule has 1 saturated heterocycles. The molecule has 0 bridgehead atoms. The van der Waals surface area contributed by atoms with Crippen molar-refractivity contribution in [1.29, 1.82) is 5.26 Å². The first-order chi connectivity index (χ1) is 8.04. The Morgan fingerprint density at radius 2 is 2.29 bits per heavy atom. The van der Waals surface area contributed by atoms with Gasteiger partial charge in [-0.25, -0.2) is 4.39 Å². The van der Waals surface area contributed by atoms with Gasteiger partial charge in [0.15, 0.2) is 5.78 Å². The number of benzene rings is 1. The van der Waals surface area contributed by atoms with E-state index in [-0.39, 0.29) is 28.1 Å². The highest BCUT2D eigenvalue weighted by Crippen LogP contribution is 2.30. The quantitative estimate of drug-likeness (QED) is 0.771. The molecule has 1 heterocycles. The number of hydrogen-bond acceptors (Lipinski definition) is 3. The van der Waals surface area contributed by atoms with E-state index in [9.17, 15) is 9.18 Å². The Kier molecular flexibility index (Phi) is 3.03. The Morgan fingerprint density at radius 3 is 2.82 bits per heavy atom. The molecule has 0 amide bonds. The Morgan fingerprint density at radius 1 is 1.59 bits per heavy atom. The van der Waals surface area contributed by atoms with E-state index in [0.717, 1.165) is 6.07 Å². The summed E-state index contributed by atoms with van der Waals surface area (Å²) in [6, 6.07) is 3.99. The fourth-order valence-electron chi connectivity index (χ4n) is 1.98. The Labute approximate surface area is 103 Å². The molecule has 0 aliphatic carbocycles. The van der Waals surface area contributed by atoms with Gasteiger partial charge in [0.1, 0.15) is 11.9 Å². The molecular weight excluding hydrogens is 243 g/mol. The van der Waals surface area contributed by atoms with Crippen LogP contribution in [0.2, 0.25) is 5.02 Å². The van der Waals surface area contributed by atoms with Crippen LogP contribution in [0.4, 0.5) is 10.1 Å². The SMILES string of the molecule is C[C@H]1C(=O)CCN1c1cc(Cl)c(C#N)cc1F. The number of hydrogen-bond donors (Lipinski definition) is 0. The van der Waals surface area contributed by atoms with Crippen molar-refractivity contribution in [2.24, 2.45) is 0 Å².